The summed E-state index contributed by atoms with van der Waals surface area (Å²) in [4.78, 5) is 35.4. The van der Waals surface area contributed by atoms with Crippen molar-refractivity contribution in [2.45, 2.75) is 82.7 Å². The highest BCUT2D eigenvalue weighted by Crippen LogP contribution is 2.09. The van der Waals surface area contributed by atoms with Crippen LogP contribution in [0.5, 0.6) is 0 Å². The highest BCUT2D eigenvalue weighted by molar-refractivity contribution is 5.82. The third-order valence-corrected chi connectivity index (χ3v) is 5.27. The summed E-state index contributed by atoms with van der Waals surface area (Å²) in [5, 5.41) is 20.2. The fraction of sp³-hybridized carbons (Fsp3) is 0.483. The van der Waals surface area contributed by atoms with E-state index in [0.717, 1.165) is 19.3 Å². The Bertz CT molecular complexity index is 865. The van der Waals surface area contributed by atoms with Crippen molar-refractivity contribution in [1.82, 2.24) is 0 Å². The number of hydrogen-bond acceptors (Lipinski definition) is 8. The van der Waals surface area contributed by atoms with E-state index in [0.29, 0.717) is 12.8 Å². The number of rotatable bonds is 4. The molecule has 37 heavy (non-hydrogen) atoms. The zero-order valence-electron chi connectivity index (χ0n) is 21.7. The molecule has 0 amide bonds. The summed E-state index contributed by atoms with van der Waals surface area (Å²) in [6, 6.07) is 0. The van der Waals surface area contributed by atoms with Gasteiger partial charge in [0.1, 0.15) is 6.10 Å². The number of aliphatic hydroxyl groups is 2. The average Bonchev–Trinajstić information content (AvgIpc) is 2.85. The van der Waals surface area contributed by atoms with Crippen molar-refractivity contribution in [3.63, 3.8) is 0 Å². The Kier molecular flexibility index (Phi) is 17.1. The van der Waals surface area contributed by atoms with Crippen molar-refractivity contribution >= 4 is 17.9 Å². The van der Waals surface area contributed by atoms with E-state index in [1.54, 1.807) is 54.7 Å². The Balaban J connectivity index is 2.86. The average molecular weight is 517 g/mol. The molecule has 1 rings (SSSR count). The largest absolute Gasteiger partial charge is 0.469 e. The lowest BCUT2D eigenvalue weighted by Crippen LogP contribution is -2.16. The van der Waals surface area contributed by atoms with E-state index >= 15 is 0 Å². The Labute approximate surface area is 219 Å². The quantitative estimate of drug-likeness (QED) is 0.422. The van der Waals surface area contributed by atoms with Gasteiger partial charge < -0.3 is 24.4 Å². The van der Waals surface area contributed by atoms with Gasteiger partial charge in [0, 0.05) is 18.9 Å². The van der Waals surface area contributed by atoms with Gasteiger partial charge in [-0.25, -0.2) is 4.79 Å². The first kappa shape index (κ1) is 31.8. The number of hydrogen-bond donors (Lipinski definition) is 2. The molecule has 0 spiro atoms. The van der Waals surface area contributed by atoms with Crippen molar-refractivity contribution < 1.29 is 38.8 Å². The van der Waals surface area contributed by atoms with Gasteiger partial charge in [0.25, 0.3) is 0 Å². The van der Waals surface area contributed by atoms with E-state index in [4.69, 9.17) is 9.47 Å². The highest BCUT2D eigenvalue weighted by atomic mass is 16.5. The van der Waals surface area contributed by atoms with Crippen LogP contribution in [-0.2, 0) is 28.6 Å². The molecule has 0 aromatic carbocycles. The van der Waals surface area contributed by atoms with E-state index in [-0.39, 0.29) is 25.4 Å². The molecule has 204 valence electrons. The standard InChI is InChI=1S/C29H40O8/c1-23-14-8-4-3-5-9-15-24(30)22-25(31)16-10-6-11-17-26(18-12-7-13-19-28(33)36-23)37-29(34)21-20-27(32)35-2/h3,5-7,9-13,15,17,19,23-26,30-31H,4,8,14,16,18,20-22H2,1-2H3/t23-,24-,25-,26+/m0/s1. The molecule has 0 radical (unpaired) electrons. The van der Waals surface area contributed by atoms with Gasteiger partial charge in [-0.15, -0.1) is 0 Å². The molecule has 2 N–H and O–H groups in total. The molecule has 0 saturated carbocycles. The van der Waals surface area contributed by atoms with Crippen LogP contribution in [0.25, 0.3) is 0 Å². The maximum absolute atomic E-state index is 12.1. The van der Waals surface area contributed by atoms with E-state index in [1.807, 2.05) is 19.1 Å². The Hall–Kier alpha value is -3.23. The zero-order chi connectivity index (χ0) is 27.3. The van der Waals surface area contributed by atoms with Crippen molar-refractivity contribution in [1.29, 1.82) is 0 Å². The minimum Gasteiger partial charge on any atom is -0.469 e. The summed E-state index contributed by atoms with van der Waals surface area (Å²) in [6.45, 7) is 1.84. The SMILES string of the molecule is COC(=O)CCC(=O)O[C@@H]1C=CC=CC[C@H](O)C[C@@H](O)C=CC=CCCC[C@H](C)OC(=O)C=CC=CC1. The van der Waals surface area contributed by atoms with Crippen molar-refractivity contribution in [3.05, 3.63) is 72.9 Å². The molecule has 8 heteroatoms. The second-order valence-corrected chi connectivity index (χ2v) is 8.62. The maximum atomic E-state index is 12.1. The van der Waals surface area contributed by atoms with Crippen LogP contribution < -0.4 is 0 Å². The van der Waals surface area contributed by atoms with Gasteiger partial charge in [0.2, 0.25) is 0 Å². The van der Waals surface area contributed by atoms with E-state index in [1.165, 1.54) is 13.2 Å². The second-order valence-electron chi connectivity index (χ2n) is 8.62. The minimum atomic E-state index is -0.762. The lowest BCUT2D eigenvalue weighted by atomic mass is 10.1. The van der Waals surface area contributed by atoms with Crippen molar-refractivity contribution in [2.24, 2.45) is 0 Å². The number of cyclic esters (lactones) is 1. The third kappa shape index (κ3) is 17.8. The summed E-state index contributed by atoms with van der Waals surface area (Å²) >= 11 is 0. The van der Waals surface area contributed by atoms with Gasteiger partial charge in [0.05, 0.1) is 38.3 Å². The first-order chi connectivity index (χ1) is 17.8. The number of carbonyl (C=O) groups is 3. The number of aliphatic hydroxyl groups excluding tert-OH is 2. The van der Waals surface area contributed by atoms with Crippen LogP contribution in [-0.4, -0.2) is 59.6 Å². The number of esters is 3. The second kappa shape index (κ2) is 19.9. The Morgan fingerprint density at radius 2 is 1.62 bits per heavy atom. The molecule has 0 unspecified atom stereocenters. The number of allylic oxidation sites excluding steroid dienone is 7. The van der Waals surface area contributed by atoms with Gasteiger partial charge in [0.15, 0.2) is 0 Å². The van der Waals surface area contributed by atoms with Crippen LogP contribution in [0.1, 0.15) is 58.3 Å². The molecule has 4 atom stereocenters. The molecule has 1 aliphatic rings. The van der Waals surface area contributed by atoms with Crippen LogP contribution in [0.4, 0.5) is 0 Å². The number of ether oxygens (including phenoxy) is 3. The van der Waals surface area contributed by atoms with Crippen molar-refractivity contribution in [2.75, 3.05) is 7.11 Å². The molecule has 1 heterocycles. The van der Waals surface area contributed by atoms with Crippen LogP contribution >= 0.6 is 0 Å². The van der Waals surface area contributed by atoms with Crippen LogP contribution in [0, 0.1) is 0 Å². The van der Waals surface area contributed by atoms with Crippen LogP contribution in [0.3, 0.4) is 0 Å². The molecule has 0 fully saturated rings. The molecular weight excluding hydrogens is 476 g/mol. The maximum Gasteiger partial charge on any atom is 0.331 e. The van der Waals surface area contributed by atoms with E-state index in [9.17, 15) is 24.6 Å². The topological polar surface area (TPSA) is 119 Å². The summed E-state index contributed by atoms with van der Waals surface area (Å²) in [6.07, 6.45) is 21.3. The lowest BCUT2D eigenvalue weighted by molar-refractivity contribution is -0.151. The molecule has 0 aromatic heterocycles. The normalized spacial score (nSPS) is 24.7. The Morgan fingerprint density at radius 1 is 0.946 bits per heavy atom. The van der Waals surface area contributed by atoms with E-state index < -0.39 is 36.2 Å². The summed E-state index contributed by atoms with van der Waals surface area (Å²) in [5.41, 5.74) is 0. The predicted molar refractivity (Wildman–Crippen MR) is 141 cm³/mol. The smallest absolute Gasteiger partial charge is 0.331 e. The summed E-state index contributed by atoms with van der Waals surface area (Å²) in [7, 11) is 1.25. The first-order valence-electron chi connectivity index (χ1n) is 12.6. The summed E-state index contributed by atoms with van der Waals surface area (Å²) < 4.78 is 15.3. The molecular formula is C29H40O8. The van der Waals surface area contributed by atoms with Gasteiger partial charge in [-0.1, -0.05) is 60.8 Å². The molecule has 0 saturated heterocycles. The predicted octanol–water partition coefficient (Wildman–Crippen LogP) is 4.20. The molecule has 0 aromatic rings. The van der Waals surface area contributed by atoms with Crippen LogP contribution in [0.15, 0.2) is 72.9 Å². The fourth-order valence-electron chi connectivity index (χ4n) is 3.27. The van der Waals surface area contributed by atoms with Gasteiger partial charge in [-0.05, 0) is 38.7 Å². The number of methoxy groups -OCH3 is 1. The molecule has 8 nitrogen and oxygen atoms in total. The molecule has 1 aliphatic heterocycles. The van der Waals surface area contributed by atoms with E-state index in [2.05, 4.69) is 4.74 Å². The third-order valence-electron chi connectivity index (χ3n) is 5.27. The first-order valence-corrected chi connectivity index (χ1v) is 12.6. The number of carbonyl (C=O) groups excluding carboxylic acids is 3. The zero-order valence-corrected chi connectivity index (χ0v) is 21.7. The lowest BCUT2D eigenvalue weighted by Gasteiger charge is -2.12. The van der Waals surface area contributed by atoms with Gasteiger partial charge >= 0.3 is 17.9 Å². The van der Waals surface area contributed by atoms with Crippen LogP contribution in [0.2, 0.25) is 0 Å². The fourth-order valence-corrected chi connectivity index (χ4v) is 3.27. The molecule has 0 bridgehead atoms. The summed E-state index contributed by atoms with van der Waals surface area (Å²) in [5.74, 6) is -1.46. The molecule has 0 aliphatic carbocycles. The highest BCUT2D eigenvalue weighted by Gasteiger charge is 2.13. The minimum absolute atomic E-state index is 0.0694. The van der Waals surface area contributed by atoms with Gasteiger partial charge in [-0.2, -0.15) is 0 Å². The monoisotopic (exact) mass is 516 g/mol. The van der Waals surface area contributed by atoms with Gasteiger partial charge in [-0.3, -0.25) is 9.59 Å². The Morgan fingerprint density at radius 3 is 2.41 bits per heavy atom. The van der Waals surface area contributed by atoms with Crippen molar-refractivity contribution in [3.8, 4) is 0 Å².